The Morgan fingerprint density at radius 2 is 2.16 bits per heavy atom. The summed E-state index contributed by atoms with van der Waals surface area (Å²) in [5.74, 6) is 1.45. The average Bonchev–Trinajstić information content (AvgIpc) is 2.94. The minimum Gasteiger partial charge on any atom is -0.394 e. The molecule has 2 fully saturated rings. The predicted molar refractivity (Wildman–Crippen MR) is 76.4 cm³/mol. The number of aryl methyl sites for hydroxylation is 1. The Balaban J connectivity index is 1.97. The van der Waals surface area contributed by atoms with Crippen LogP contribution in [0.2, 0.25) is 0 Å². The highest BCUT2D eigenvalue weighted by molar-refractivity contribution is 5.68. The summed E-state index contributed by atoms with van der Waals surface area (Å²) in [7, 11) is 2.00. The van der Waals surface area contributed by atoms with Crippen molar-refractivity contribution in [3.8, 4) is 0 Å². The summed E-state index contributed by atoms with van der Waals surface area (Å²) in [5.41, 5.74) is 8.22. The first-order valence-corrected chi connectivity index (χ1v) is 7.30. The van der Waals surface area contributed by atoms with Gasteiger partial charge in [0.1, 0.15) is 0 Å². The molecule has 3 rings (SSSR count). The van der Waals surface area contributed by atoms with Crippen LogP contribution in [-0.4, -0.2) is 35.1 Å². The third kappa shape index (κ3) is 2.00. The normalized spacial score (nSPS) is 27.1. The van der Waals surface area contributed by atoms with E-state index in [0.29, 0.717) is 18.1 Å². The highest BCUT2D eigenvalue weighted by Gasteiger charge is 2.38. The molecule has 2 N–H and O–H groups in total. The molecule has 0 amide bonds. The fraction of sp³-hybridized carbons (Fsp3) is 0.786. The molecule has 1 aliphatic carbocycles. The zero-order chi connectivity index (χ0) is 13.6. The van der Waals surface area contributed by atoms with Crippen molar-refractivity contribution in [2.24, 2.45) is 7.05 Å². The molecule has 1 aromatic rings. The maximum atomic E-state index is 6.35. The molecule has 2 aliphatic rings. The van der Waals surface area contributed by atoms with Gasteiger partial charge in [0.05, 0.1) is 30.1 Å². The van der Waals surface area contributed by atoms with E-state index in [1.807, 2.05) is 11.7 Å². The maximum absolute atomic E-state index is 6.35. The molecular weight excluding hydrogens is 240 g/mol. The second-order valence-electron chi connectivity index (χ2n) is 6.00. The van der Waals surface area contributed by atoms with E-state index in [4.69, 9.17) is 10.5 Å². The van der Waals surface area contributed by atoms with Crippen LogP contribution in [-0.2, 0) is 11.8 Å². The number of nitrogens with two attached hydrogens (primary N) is 1. The molecule has 1 saturated heterocycles. The summed E-state index contributed by atoms with van der Waals surface area (Å²) >= 11 is 0. The molecule has 2 heterocycles. The Morgan fingerprint density at radius 3 is 2.84 bits per heavy atom. The Bertz CT molecular complexity index is 468. The van der Waals surface area contributed by atoms with Gasteiger partial charge >= 0.3 is 0 Å². The van der Waals surface area contributed by atoms with Gasteiger partial charge in [-0.1, -0.05) is 13.8 Å². The van der Waals surface area contributed by atoms with Crippen molar-refractivity contribution < 1.29 is 4.74 Å². The predicted octanol–water partition coefficient (Wildman–Crippen LogP) is 1.88. The van der Waals surface area contributed by atoms with Gasteiger partial charge in [-0.05, 0) is 25.2 Å². The molecule has 0 aromatic carbocycles. The topological polar surface area (TPSA) is 56.3 Å². The Hall–Kier alpha value is -1.23. The van der Waals surface area contributed by atoms with Crippen LogP contribution in [0.25, 0.3) is 0 Å². The summed E-state index contributed by atoms with van der Waals surface area (Å²) in [4.78, 5) is 2.43. The van der Waals surface area contributed by atoms with Gasteiger partial charge in [0.25, 0.3) is 0 Å². The van der Waals surface area contributed by atoms with Crippen LogP contribution in [0, 0.1) is 0 Å². The number of rotatable bonds is 2. The van der Waals surface area contributed by atoms with E-state index in [1.165, 1.54) is 19.3 Å². The molecule has 0 spiro atoms. The second kappa shape index (κ2) is 4.71. The van der Waals surface area contributed by atoms with Gasteiger partial charge in [-0.15, -0.1) is 0 Å². The minimum atomic E-state index is 0.361. The lowest BCUT2D eigenvalue weighted by molar-refractivity contribution is 0.0251. The Kier molecular flexibility index (Phi) is 3.17. The highest BCUT2D eigenvalue weighted by atomic mass is 16.5. The standard InChI is InChI=1S/C14H24N4O/c1-9(2)13-12(15)14(17(3)16-13)18-7-8-19-11-6-4-5-10(11)18/h9-11H,4-8,15H2,1-3H3. The molecule has 19 heavy (non-hydrogen) atoms. The molecule has 1 aliphatic heterocycles. The van der Waals surface area contributed by atoms with Crippen molar-refractivity contribution in [2.75, 3.05) is 23.8 Å². The number of nitrogen functional groups attached to an aromatic ring is 1. The monoisotopic (exact) mass is 264 g/mol. The number of hydrogen-bond acceptors (Lipinski definition) is 4. The van der Waals surface area contributed by atoms with E-state index in [9.17, 15) is 0 Å². The van der Waals surface area contributed by atoms with E-state index in [0.717, 1.165) is 30.4 Å². The molecule has 1 saturated carbocycles. The zero-order valence-electron chi connectivity index (χ0n) is 12.1. The molecule has 2 atom stereocenters. The van der Waals surface area contributed by atoms with E-state index in [2.05, 4.69) is 23.8 Å². The van der Waals surface area contributed by atoms with Gasteiger partial charge in [0.2, 0.25) is 0 Å². The lowest BCUT2D eigenvalue weighted by Gasteiger charge is -2.39. The van der Waals surface area contributed by atoms with Crippen LogP contribution >= 0.6 is 0 Å². The minimum absolute atomic E-state index is 0.361. The lowest BCUT2D eigenvalue weighted by atomic mass is 10.1. The van der Waals surface area contributed by atoms with Crippen molar-refractivity contribution in [1.29, 1.82) is 0 Å². The molecule has 0 bridgehead atoms. The van der Waals surface area contributed by atoms with Crippen LogP contribution in [0.1, 0.15) is 44.7 Å². The molecule has 106 valence electrons. The summed E-state index contributed by atoms with van der Waals surface area (Å²) < 4.78 is 7.83. The Morgan fingerprint density at radius 1 is 1.37 bits per heavy atom. The first kappa shape index (κ1) is 12.8. The summed E-state index contributed by atoms with van der Waals surface area (Å²) in [6, 6.07) is 0.478. The number of fused-ring (bicyclic) bond motifs is 1. The van der Waals surface area contributed by atoms with E-state index in [1.54, 1.807) is 0 Å². The van der Waals surface area contributed by atoms with Crippen LogP contribution in [0.4, 0.5) is 11.5 Å². The number of aromatic nitrogens is 2. The van der Waals surface area contributed by atoms with Crippen molar-refractivity contribution in [3.05, 3.63) is 5.69 Å². The SMILES string of the molecule is CC(C)c1nn(C)c(N2CCOC3CCCC32)c1N. The number of anilines is 2. The summed E-state index contributed by atoms with van der Waals surface area (Å²) in [6.07, 6.45) is 4.01. The molecule has 5 heteroatoms. The van der Waals surface area contributed by atoms with E-state index in [-0.39, 0.29) is 0 Å². The van der Waals surface area contributed by atoms with Crippen LogP contribution in [0.5, 0.6) is 0 Å². The van der Waals surface area contributed by atoms with Crippen molar-refractivity contribution in [1.82, 2.24) is 9.78 Å². The molecule has 1 aromatic heterocycles. The number of morpholine rings is 1. The van der Waals surface area contributed by atoms with Gasteiger partial charge in [-0.3, -0.25) is 4.68 Å². The van der Waals surface area contributed by atoms with Crippen LogP contribution in [0.3, 0.4) is 0 Å². The lowest BCUT2D eigenvalue weighted by Crippen LogP contribution is -2.49. The van der Waals surface area contributed by atoms with E-state index >= 15 is 0 Å². The largest absolute Gasteiger partial charge is 0.394 e. The third-order valence-electron chi connectivity index (χ3n) is 4.38. The summed E-state index contributed by atoms with van der Waals surface area (Å²) in [5, 5.41) is 4.61. The number of hydrogen-bond donors (Lipinski definition) is 1. The fourth-order valence-corrected chi connectivity index (χ4v) is 3.51. The first-order valence-electron chi connectivity index (χ1n) is 7.30. The number of nitrogens with zero attached hydrogens (tertiary/aromatic N) is 3. The first-order chi connectivity index (χ1) is 9.09. The van der Waals surface area contributed by atoms with E-state index < -0.39 is 0 Å². The number of ether oxygens (including phenoxy) is 1. The molecule has 0 radical (unpaired) electrons. The maximum Gasteiger partial charge on any atom is 0.150 e. The quantitative estimate of drug-likeness (QED) is 0.886. The molecular formula is C14H24N4O. The Labute approximate surface area is 114 Å². The smallest absolute Gasteiger partial charge is 0.150 e. The van der Waals surface area contributed by atoms with Gasteiger partial charge in [-0.2, -0.15) is 5.10 Å². The van der Waals surface area contributed by atoms with Gasteiger partial charge < -0.3 is 15.4 Å². The van der Waals surface area contributed by atoms with Crippen molar-refractivity contribution in [2.45, 2.75) is 51.2 Å². The second-order valence-corrected chi connectivity index (χ2v) is 6.00. The van der Waals surface area contributed by atoms with Crippen molar-refractivity contribution in [3.63, 3.8) is 0 Å². The molecule has 2 unspecified atom stereocenters. The zero-order valence-corrected chi connectivity index (χ0v) is 12.1. The van der Waals surface area contributed by atoms with Crippen LogP contribution < -0.4 is 10.6 Å². The van der Waals surface area contributed by atoms with Gasteiger partial charge in [0.15, 0.2) is 5.82 Å². The van der Waals surface area contributed by atoms with Gasteiger partial charge in [-0.25, -0.2) is 0 Å². The molecule has 5 nitrogen and oxygen atoms in total. The summed E-state index contributed by atoms with van der Waals surface area (Å²) in [6.45, 7) is 5.99. The van der Waals surface area contributed by atoms with Crippen molar-refractivity contribution >= 4 is 11.5 Å². The average molecular weight is 264 g/mol. The highest BCUT2D eigenvalue weighted by Crippen LogP contribution is 2.37. The van der Waals surface area contributed by atoms with Crippen LogP contribution in [0.15, 0.2) is 0 Å². The third-order valence-corrected chi connectivity index (χ3v) is 4.38. The van der Waals surface area contributed by atoms with Gasteiger partial charge in [0, 0.05) is 13.6 Å². The fourth-order valence-electron chi connectivity index (χ4n) is 3.51.